The maximum atomic E-state index is 12.7. The number of aromatic nitrogens is 3. The number of hydrogen-bond acceptors (Lipinski definition) is 6. The molecule has 1 aromatic carbocycles. The van der Waals surface area contributed by atoms with Gasteiger partial charge in [0.1, 0.15) is 5.69 Å². The van der Waals surface area contributed by atoms with Gasteiger partial charge in [-0.2, -0.15) is 5.10 Å². The highest BCUT2D eigenvalue weighted by Crippen LogP contribution is 2.35. The molecule has 146 valence electrons. The lowest BCUT2D eigenvalue weighted by Gasteiger charge is -2.11. The lowest BCUT2D eigenvalue weighted by atomic mass is 9.99. The van der Waals surface area contributed by atoms with E-state index in [2.05, 4.69) is 10.1 Å². The number of esters is 1. The zero-order chi connectivity index (χ0) is 20.5. The lowest BCUT2D eigenvalue weighted by molar-refractivity contribution is 0.0366. The average molecular weight is 400 g/mol. The van der Waals surface area contributed by atoms with Crippen LogP contribution in [0.4, 0.5) is 0 Å². The van der Waals surface area contributed by atoms with Crippen LogP contribution in [0, 0.1) is 0 Å². The Hall–Kier alpha value is -3.04. The van der Waals surface area contributed by atoms with Gasteiger partial charge in [-0.05, 0) is 43.7 Å². The van der Waals surface area contributed by atoms with Crippen LogP contribution < -0.4 is 5.14 Å². The van der Waals surface area contributed by atoms with Gasteiger partial charge in [-0.1, -0.05) is 12.1 Å². The normalized spacial score (nSPS) is 11.6. The molecular weight excluding hydrogens is 380 g/mol. The molecule has 8 nitrogen and oxygen atoms in total. The minimum Gasteiger partial charge on any atom is -0.458 e. The first-order chi connectivity index (χ1) is 13.2. The summed E-state index contributed by atoms with van der Waals surface area (Å²) in [6.45, 7) is 3.53. The van der Waals surface area contributed by atoms with Crippen LogP contribution in [0.2, 0.25) is 0 Å². The van der Waals surface area contributed by atoms with Gasteiger partial charge in [-0.25, -0.2) is 18.4 Å². The summed E-state index contributed by atoms with van der Waals surface area (Å²) < 4.78 is 29.9. The molecule has 0 amide bonds. The third-order valence-corrected chi connectivity index (χ3v) is 4.94. The number of carbonyl (C=O) groups excluding carboxylic acids is 1. The van der Waals surface area contributed by atoms with Gasteiger partial charge in [-0.15, -0.1) is 0 Å². The van der Waals surface area contributed by atoms with Gasteiger partial charge >= 0.3 is 5.97 Å². The Labute approximate surface area is 163 Å². The molecule has 0 aliphatic carbocycles. The standard InChI is InChI=1S/C19H20N4O4S/c1-12(2)27-19(24)18-16(13-4-6-15(7-5-13)28(20,25)26)17(22-23(18)3)14-8-10-21-11-9-14/h4-12H,1-3H3,(H2,20,25,26). The van der Waals surface area contributed by atoms with Crippen molar-refractivity contribution >= 4 is 16.0 Å². The number of pyridine rings is 1. The average Bonchev–Trinajstić information content (AvgIpc) is 2.98. The topological polar surface area (TPSA) is 117 Å². The Morgan fingerprint density at radius 2 is 1.68 bits per heavy atom. The van der Waals surface area contributed by atoms with Gasteiger partial charge in [0.05, 0.1) is 11.0 Å². The Morgan fingerprint density at radius 1 is 1.07 bits per heavy atom. The molecule has 0 saturated heterocycles. The molecule has 2 aromatic heterocycles. The summed E-state index contributed by atoms with van der Waals surface area (Å²) in [6, 6.07) is 9.53. The van der Waals surface area contributed by atoms with Crippen LogP contribution >= 0.6 is 0 Å². The number of benzene rings is 1. The molecule has 0 aliphatic rings. The first-order valence-electron chi connectivity index (χ1n) is 8.50. The zero-order valence-corrected chi connectivity index (χ0v) is 16.5. The van der Waals surface area contributed by atoms with E-state index in [1.807, 2.05) is 0 Å². The molecule has 28 heavy (non-hydrogen) atoms. The fraction of sp³-hybridized carbons (Fsp3) is 0.211. The van der Waals surface area contributed by atoms with E-state index in [0.29, 0.717) is 16.8 Å². The van der Waals surface area contributed by atoms with Crippen molar-refractivity contribution in [3.05, 3.63) is 54.5 Å². The van der Waals surface area contributed by atoms with Crippen molar-refractivity contribution < 1.29 is 17.9 Å². The van der Waals surface area contributed by atoms with Crippen molar-refractivity contribution in [2.75, 3.05) is 0 Å². The number of aryl methyl sites for hydroxylation is 1. The quantitative estimate of drug-likeness (QED) is 0.657. The van der Waals surface area contributed by atoms with Crippen molar-refractivity contribution in [1.82, 2.24) is 14.8 Å². The Kier molecular flexibility index (Phi) is 5.30. The molecule has 0 atom stereocenters. The fourth-order valence-corrected chi connectivity index (χ4v) is 3.34. The van der Waals surface area contributed by atoms with Crippen molar-refractivity contribution in [1.29, 1.82) is 0 Å². The summed E-state index contributed by atoms with van der Waals surface area (Å²) in [6.07, 6.45) is 2.96. The fourth-order valence-electron chi connectivity index (χ4n) is 2.82. The molecule has 0 saturated carbocycles. The van der Waals surface area contributed by atoms with E-state index in [4.69, 9.17) is 9.88 Å². The summed E-state index contributed by atoms with van der Waals surface area (Å²) in [4.78, 5) is 16.7. The first kappa shape index (κ1) is 19.7. The molecule has 0 bridgehead atoms. The number of nitrogens with zero attached hydrogens (tertiary/aromatic N) is 3. The second kappa shape index (κ2) is 7.53. The van der Waals surface area contributed by atoms with E-state index < -0.39 is 16.0 Å². The number of nitrogens with two attached hydrogens (primary N) is 1. The lowest BCUT2D eigenvalue weighted by Crippen LogP contribution is -2.16. The van der Waals surface area contributed by atoms with E-state index >= 15 is 0 Å². The monoisotopic (exact) mass is 400 g/mol. The summed E-state index contributed by atoms with van der Waals surface area (Å²) in [7, 11) is -2.17. The van der Waals surface area contributed by atoms with Crippen molar-refractivity contribution in [2.24, 2.45) is 12.2 Å². The zero-order valence-electron chi connectivity index (χ0n) is 15.7. The number of carbonyl (C=O) groups is 1. The first-order valence-corrected chi connectivity index (χ1v) is 10.0. The highest BCUT2D eigenvalue weighted by atomic mass is 32.2. The maximum absolute atomic E-state index is 12.7. The van der Waals surface area contributed by atoms with Crippen LogP contribution in [-0.2, 0) is 21.8 Å². The van der Waals surface area contributed by atoms with Gasteiger partial charge < -0.3 is 4.74 Å². The number of rotatable bonds is 5. The van der Waals surface area contributed by atoms with Gasteiger partial charge in [0.25, 0.3) is 0 Å². The molecule has 3 rings (SSSR count). The smallest absolute Gasteiger partial charge is 0.357 e. The number of primary sulfonamides is 1. The minimum atomic E-state index is -3.82. The van der Waals surface area contributed by atoms with Gasteiger partial charge in [0.15, 0.2) is 5.69 Å². The maximum Gasteiger partial charge on any atom is 0.357 e. The van der Waals surface area contributed by atoms with Crippen LogP contribution in [0.3, 0.4) is 0 Å². The molecule has 0 radical (unpaired) electrons. The summed E-state index contributed by atoms with van der Waals surface area (Å²) in [5.74, 6) is -0.518. The van der Waals surface area contributed by atoms with Crippen LogP contribution in [0.25, 0.3) is 22.4 Å². The van der Waals surface area contributed by atoms with Crippen molar-refractivity contribution in [3.8, 4) is 22.4 Å². The van der Waals surface area contributed by atoms with E-state index in [-0.39, 0.29) is 16.7 Å². The highest BCUT2D eigenvalue weighted by Gasteiger charge is 2.26. The predicted molar refractivity (Wildman–Crippen MR) is 104 cm³/mol. The number of hydrogen-bond donors (Lipinski definition) is 1. The molecule has 0 fully saturated rings. The Morgan fingerprint density at radius 3 is 2.21 bits per heavy atom. The van der Waals surface area contributed by atoms with E-state index in [0.717, 1.165) is 5.56 Å². The molecule has 9 heteroatoms. The Balaban J connectivity index is 2.23. The molecule has 2 heterocycles. The van der Waals surface area contributed by atoms with Crippen molar-refractivity contribution in [3.63, 3.8) is 0 Å². The minimum absolute atomic E-state index is 0.0168. The van der Waals surface area contributed by atoms with Crippen LogP contribution in [0.15, 0.2) is 53.7 Å². The molecule has 0 aliphatic heterocycles. The molecule has 0 spiro atoms. The van der Waals surface area contributed by atoms with Crippen molar-refractivity contribution in [2.45, 2.75) is 24.8 Å². The molecular formula is C19H20N4O4S. The van der Waals surface area contributed by atoms with Crippen LogP contribution in [-0.4, -0.2) is 35.3 Å². The second-order valence-electron chi connectivity index (χ2n) is 6.46. The van der Waals surface area contributed by atoms with E-state index in [1.54, 1.807) is 57.6 Å². The second-order valence-corrected chi connectivity index (χ2v) is 8.02. The summed E-state index contributed by atoms with van der Waals surface area (Å²) in [5, 5.41) is 9.68. The number of sulfonamides is 1. The third-order valence-electron chi connectivity index (χ3n) is 4.01. The van der Waals surface area contributed by atoms with Gasteiger partial charge in [-0.3, -0.25) is 9.67 Å². The van der Waals surface area contributed by atoms with E-state index in [9.17, 15) is 13.2 Å². The molecule has 3 aromatic rings. The summed E-state index contributed by atoms with van der Waals surface area (Å²) in [5.41, 5.74) is 2.75. The predicted octanol–water partition coefficient (Wildman–Crippen LogP) is 2.36. The number of ether oxygens (including phenoxy) is 1. The van der Waals surface area contributed by atoms with Crippen LogP contribution in [0.1, 0.15) is 24.3 Å². The summed E-state index contributed by atoms with van der Waals surface area (Å²) >= 11 is 0. The SMILES string of the molecule is CC(C)OC(=O)c1c(-c2ccc(S(N)(=O)=O)cc2)c(-c2ccncc2)nn1C. The van der Waals surface area contributed by atoms with Gasteiger partial charge in [0.2, 0.25) is 10.0 Å². The molecule has 0 unspecified atom stereocenters. The van der Waals surface area contributed by atoms with Crippen LogP contribution in [0.5, 0.6) is 0 Å². The van der Waals surface area contributed by atoms with Gasteiger partial charge in [0, 0.05) is 30.6 Å². The highest BCUT2D eigenvalue weighted by molar-refractivity contribution is 7.89. The third kappa shape index (κ3) is 3.95. The molecule has 2 N–H and O–H groups in total. The van der Waals surface area contributed by atoms with E-state index in [1.165, 1.54) is 16.8 Å². The Bertz CT molecular complexity index is 1100. The largest absolute Gasteiger partial charge is 0.458 e.